The second-order valence-corrected chi connectivity index (χ2v) is 9.22. The minimum absolute atomic E-state index is 0.0196. The number of hydrogen-bond acceptors (Lipinski definition) is 5. The number of benzene rings is 3. The molecule has 1 saturated heterocycles. The first-order valence-electron chi connectivity index (χ1n) is 11.7. The smallest absolute Gasteiger partial charge is 0.119 e. The fourth-order valence-corrected chi connectivity index (χ4v) is 4.92. The van der Waals surface area contributed by atoms with Gasteiger partial charge in [0.2, 0.25) is 0 Å². The van der Waals surface area contributed by atoms with Crippen LogP contribution in [0.4, 0.5) is 5.69 Å². The van der Waals surface area contributed by atoms with Gasteiger partial charge in [0.05, 0.1) is 26.4 Å². The number of anilines is 1. The summed E-state index contributed by atoms with van der Waals surface area (Å²) in [5, 5.41) is 0.733. The average molecular weight is 476 g/mol. The molecular formula is C28H30ClN3O2. The van der Waals surface area contributed by atoms with Crippen LogP contribution in [0.1, 0.15) is 28.3 Å². The maximum Gasteiger partial charge on any atom is 0.119 e. The summed E-state index contributed by atoms with van der Waals surface area (Å²) < 4.78 is 10.9. The number of nitrogens with two attached hydrogens (primary N) is 1. The summed E-state index contributed by atoms with van der Waals surface area (Å²) in [5.41, 5.74) is 13.0. The van der Waals surface area contributed by atoms with Crippen LogP contribution in [-0.4, -0.2) is 44.9 Å². The first kappa shape index (κ1) is 22.8. The molecule has 0 bridgehead atoms. The maximum atomic E-state index is 6.39. The standard InChI is InChI=1S/C28H30ClN3O2/c1-33-24-10-11-27-25(18-24)26(30)12-13-32(27)28(22-6-8-23(29)9-7-22)21-4-2-20(3-5-21)19-31-14-16-34-17-15-31/h2-12,18,28H,13-17,19,30H2,1H3. The van der Waals surface area contributed by atoms with Crippen molar-refractivity contribution in [2.45, 2.75) is 12.6 Å². The van der Waals surface area contributed by atoms with E-state index in [0.29, 0.717) is 6.54 Å². The predicted molar refractivity (Wildman–Crippen MR) is 138 cm³/mol. The number of halogens is 1. The molecule has 2 N–H and O–H groups in total. The van der Waals surface area contributed by atoms with Crippen LogP contribution in [0.5, 0.6) is 5.75 Å². The number of rotatable bonds is 6. The summed E-state index contributed by atoms with van der Waals surface area (Å²) >= 11 is 6.23. The van der Waals surface area contributed by atoms with Gasteiger partial charge in [-0.1, -0.05) is 48.0 Å². The number of ether oxygens (including phenoxy) is 2. The van der Waals surface area contributed by atoms with Gasteiger partial charge >= 0.3 is 0 Å². The Labute approximate surface area is 206 Å². The predicted octanol–water partition coefficient (Wildman–Crippen LogP) is 5.09. The van der Waals surface area contributed by atoms with Crippen molar-refractivity contribution in [3.05, 3.63) is 100 Å². The molecule has 6 heteroatoms. The summed E-state index contributed by atoms with van der Waals surface area (Å²) in [6.45, 7) is 5.25. The molecule has 0 amide bonds. The highest BCUT2D eigenvalue weighted by Crippen LogP contribution is 2.40. The van der Waals surface area contributed by atoms with Crippen LogP contribution in [0, 0.1) is 0 Å². The second kappa shape index (κ2) is 10.1. The molecule has 2 aliphatic rings. The molecule has 3 aromatic rings. The Balaban J connectivity index is 1.50. The minimum atomic E-state index is 0.0196. The molecule has 3 aromatic carbocycles. The molecule has 2 aliphatic heterocycles. The Morgan fingerprint density at radius 1 is 0.971 bits per heavy atom. The van der Waals surface area contributed by atoms with Crippen molar-refractivity contribution in [2.24, 2.45) is 5.73 Å². The molecule has 0 saturated carbocycles. The quantitative estimate of drug-likeness (QED) is 0.538. The summed E-state index contributed by atoms with van der Waals surface area (Å²) in [4.78, 5) is 4.84. The third-order valence-corrected chi connectivity index (χ3v) is 6.89. The topological polar surface area (TPSA) is 51.0 Å². The van der Waals surface area contributed by atoms with Crippen LogP contribution in [0.15, 0.2) is 72.8 Å². The van der Waals surface area contributed by atoms with E-state index < -0.39 is 0 Å². The summed E-state index contributed by atoms with van der Waals surface area (Å²) in [7, 11) is 1.68. The van der Waals surface area contributed by atoms with Gasteiger partial charge in [0, 0.05) is 48.1 Å². The Hall–Kier alpha value is -2.99. The third kappa shape index (κ3) is 4.78. The van der Waals surface area contributed by atoms with Gasteiger partial charge in [-0.3, -0.25) is 4.90 Å². The van der Waals surface area contributed by atoms with Gasteiger partial charge < -0.3 is 20.1 Å². The van der Waals surface area contributed by atoms with Crippen LogP contribution in [0.25, 0.3) is 5.70 Å². The van der Waals surface area contributed by atoms with E-state index in [9.17, 15) is 0 Å². The lowest BCUT2D eigenvalue weighted by atomic mass is 9.93. The number of fused-ring (bicyclic) bond motifs is 1. The number of hydrogen-bond donors (Lipinski definition) is 1. The van der Waals surface area contributed by atoms with Crippen LogP contribution < -0.4 is 15.4 Å². The molecule has 1 atom stereocenters. The first-order valence-corrected chi connectivity index (χ1v) is 12.1. The lowest BCUT2D eigenvalue weighted by molar-refractivity contribution is 0.0342. The Bertz CT molecular complexity index is 1160. The zero-order chi connectivity index (χ0) is 23.5. The molecule has 176 valence electrons. The first-order chi connectivity index (χ1) is 16.6. The molecule has 1 fully saturated rings. The zero-order valence-electron chi connectivity index (χ0n) is 19.4. The Kier molecular flexibility index (Phi) is 6.77. The molecule has 0 radical (unpaired) electrons. The van der Waals surface area contributed by atoms with E-state index in [-0.39, 0.29) is 6.04 Å². The van der Waals surface area contributed by atoms with Gasteiger partial charge in [-0.25, -0.2) is 0 Å². The molecule has 5 rings (SSSR count). The summed E-state index contributed by atoms with van der Waals surface area (Å²) in [6.07, 6.45) is 2.08. The largest absolute Gasteiger partial charge is 0.497 e. The van der Waals surface area contributed by atoms with E-state index in [0.717, 1.165) is 60.6 Å². The van der Waals surface area contributed by atoms with Gasteiger partial charge in [0.25, 0.3) is 0 Å². The summed E-state index contributed by atoms with van der Waals surface area (Å²) in [6, 6.07) is 23.3. The van der Waals surface area contributed by atoms with E-state index in [1.807, 2.05) is 24.3 Å². The lowest BCUT2D eigenvalue weighted by Gasteiger charge is -2.38. The van der Waals surface area contributed by atoms with E-state index >= 15 is 0 Å². The van der Waals surface area contributed by atoms with E-state index in [1.54, 1.807) is 7.11 Å². The molecule has 2 heterocycles. The normalized spacial score (nSPS) is 17.1. The zero-order valence-corrected chi connectivity index (χ0v) is 20.2. The third-order valence-electron chi connectivity index (χ3n) is 6.63. The average Bonchev–Trinajstić information content (AvgIpc) is 2.88. The molecule has 1 unspecified atom stereocenters. The van der Waals surface area contributed by atoms with E-state index in [1.165, 1.54) is 16.7 Å². The summed E-state index contributed by atoms with van der Waals surface area (Å²) in [5.74, 6) is 0.799. The van der Waals surface area contributed by atoms with Gasteiger partial charge in [-0.15, -0.1) is 0 Å². The molecular weight excluding hydrogens is 446 g/mol. The highest BCUT2D eigenvalue weighted by Gasteiger charge is 2.27. The van der Waals surface area contributed by atoms with E-state index in [4.69, 9.17) is 26.8 Å². The van der Waals surface area contributed by atoms with Crippen molar-refractivity contribution < 1.29 is 9.47 Å². The minimum Gasteiger partial charge on any atom is -0.497 e. The van der Waals surface area contributed by atoms with Crippen molar-refractivity contribution >= 4 is 23.0 Å². The number of nitrogens with zero attached hydrogens (tertiary/aromatic N) is 2. The molecule has 0 aliphatic carbocycles. The highest BCUT2D eigenvalue weighted by atomic mass is 35.5. The fraction of sp³-hybridized carbons (Fsp3) is 0.286. The van der Waals surface area contributed by atoms with Gasteiger partial charge in [-0.05, 0) is 53.1 Å². The number of methoxy groups -OCH3 is 1. The Morgan fingerprint density at radius 2 is 1.65 bits per heavy atom. The fourth-order valence-electron chi connectivity index (χ4n) is 4.79. The van der Waals surface area contributed by atoms with Gasteiger partial charge in [0.1, 0.15) is 5.75 Å². The van der Waals surface area contributed by atoms with Crippen LogP contribution >= 0.6 is 11.6 Å². The number of morpholine rings is 1. The monoisotopic (exact) mass is 475 g/mol. The van der Waals surface area contributed by atoms with Gasteiger partial charge in [-0.2, -0.15) is 0 Å². The van der Waals surface area contributed by atoms with Crippen LogP contribution in [0.3, 0.4) is 0 Å². The molecule has 5 nitrogen and oxygen atoms in total. The van der Waals surface area contributed by atoms with Gasteiger partial charge in [0.15, 0.2) is 0 Å². The van der Waals surface area contributed by atoms with Crippen molar-refractivity contribution in [2.75, 3.05) is 44.9 Å². The van der Waals surface area contributed by atoms with Crippen LogP contribution in [-0.2, 0) is 11.3 Å². The van der Waals surface area contributed by atoms with Crippen molar-refractivity contribution in [3.8, 4) is 5.75 Å². The van der Waals surface area contributed by atoms with Crippen LogP contribution in [0.2, 0.25) is 5.02 Å². The van der Waals surface area contributed by atoms with Crippen molar-refractivity contribution in [1.82, 2.24) is 4.90 Å². The van der Waals surface area contributed by atoms with E-state index in [2.05, 4.69) is 58.3 Å². The molecule has 0 aromatic heterocycles. The Morgan fingerprint density at radius 3 is 2.32 bits per heavy atom. The SMILES string of the molecule is COc1ccc2c(c1)C(N)=CCN2C(c1ccc(Cl)cc1)c1ccc(CN2CCOCC2)cc1. The second-order valence-electron chi connectivity index (χ2n) is 8.78. The maximum absolute atomic E-state index is 6.39. The van der Waals surface area contributed by atoms with Crippen molar-refractivity contribution in [3.63, 3.8) is 0 Å². The van der Waals surface area contributed by atoms with Crippen molar-refractivity contribution in [1.29, 1.82) is 0 Å². The molecule has 34 heavy (non-hydrogen) atoms. The lowest BCUT2D eigenvalue weighted by Crippen LogP contribution is -2.35. The molecule has 0 spiro atoms. The highest BCUT2D eigenvalue weighted by molar-refractivity contribution is 6.30.